The summed E-state index contributed by atoms with van der Waals surface area (Å²) in [5, 5.41) is 28.5. The number of aryl methyl sites for hydroxylation is 2. The molecule has 0 saturated heterocycles. The predicted octanol–water partition coefficient (Wildman–Crippen LogP) is 3.56. The minimum absolute atomic E-state index is 0.0519. The maximum atomic E-state index is 13.2. The van der Waals surface area contributed by atoms with Crippen LogP contribution in [0.25, 0.3) is 0 Å². The van der Waals surface area contributed by atoms with Crippen molar-refractivity contribution in [3.63, 3.8) is 0 Å². The standard InChI is InChI=1S/C22H27FO5/c1-13-8-14(2)22(28-12-19(25)10-18(24)11-21(26)27)20(9-13)15(3)16-4-6-17(23)7-5-16/h4-9,15,18-19,24-25H,10-12H2,1-3H3,(H,26,27)/t15?,18-,19+/m1/s1. The highest BCUT2D eigenvalue weighted by Crippen LogP contribution is 2.35. The van der Waals surface area contributed by atoms with Crippen molar-refractivity contribution in [3.8, 4) is 5.75 Å². The molecule has 2 aromatic rings. The Bertz CT molecular complexity index is 803. The Morgan fingerprint density at radius 2 is 1.75 bits per heavy atom. The average molecular weight is 390 g/mol. The van der Waals surface area contributed by atoms with Crippen molar-refractivity contribution < 1.29 is 29.2 Å². The van der Waals surface area contributed by atoms with Gasteiger partial charge < -0.3 is 20.1 Å². The van der Waals surface area contributed by atoms with Gasteiger partial charge in [-0.2, -0.15) is 0 Å². The van der Waals surface area contributed by atoms with Crippen molar-refractivity contribution in [2.45, 2.75) is 51.7 Å². The molecular weight excluding hydrogens is 363 g/mol. The number of carbonyl (C=O) groups is 1. The number of benzene rings is 2. The number of hydrogen-bond acceptors (Lipinski definition) is 4. The molecule has 0 heterocycles. The molecular formula is C22H27FO5. The summed E-state index contributed by atoms with van der Waals surface area (Å²) >= 11 is 0. The number of aliphatic carboxylic acids is 1. The zero-order chi connectivity index (χ0) is 20.8. The normalized spacial score (nSPS) is 14.4. The van der Waals surface area contributed by atoms with Gasteiger partial charge in [0, 0.05) is 17.9 Å². The average Bonchev–Trinajstić information content (AvgIpc) is 2.59. The van der Waals surface area contributed by atoms with Crippen LogP contribution in [0.3, 0.4) is 0 Å². The molecule has 5 nitrogen and oxygen atoms in total. The number of aliphatic hydroxyl groups excluding tert-OH is 2. The molecule has 2 aromatic carbocycles. The fourth-order valence-electron chi connectivity index (χ4n) is 3.28. The van der Waals surface area contributed by atoms with Crippen LogP contribution in [0, 0.1) is 19.7 Å². The molecule has 0 amide bonds. The van der Waals surface area contributed by atoms with E-state index in [0.29, 0.717) is 5.75 Å². The van der Waals surface area contributed by atoms with Gasteiger partial charge in [-0.05, 0) is 37.1 Å². The molecule has 0 aliphatic heterocycles. The van der Waals surface area contributed by atoms with Gasteiger partial charge in [0.05, 0.1) is 18.6 Å². The molecule has 0 bridgehead atoms. The van der Waals surface area contributed by atoms with Crippen LogP contribution in [0.1, 0.15) is 47.9 Å². The fourth-order valence-corrected chi connectivity index (χ4v) is 3.28. The zero-order valence-corrected chi connectivity index (χ0v) is 16.4. The van der Waals surface area contributed by atoms with Gasteiger partial charge >= 0.3 is 5.97 Å². The third kappa shape index (κ3) is 6.04. The van der Waals surface area contributed by atoms with Crippen LogP contribution in [0.5, 0.6) is 5.75 Å². The SMILES string of the molecule is Cc1cc(C)c(OC[C@@H](O)C[C@@H](O)CC(=O)O)c(C(C)c2ccc(F)cc2)c1. The minimum Gasteiger partial charge on any atom is -0.490 e. The summed E-state index contributed by atoms with van der Waals surface area (Å²) in [5.74, 6) is -0.834. The lowest BCUT2D eigenvalue weighted by atomic mass is 9.90. The molecule has 0 fully saturated rings. The number of ether oxygens (including phenoxy) is 1. The van der Waals surface area contributed by atoms with Crippen LogP contribution in [0.4, 0.5) is 4.39 Å². The van der Waals surface area contributed by atoms with Gasteiger partial charge in [-0.1, -0.05) is 36.8 Å². The maximum absolute atomic E-state index is 13.2. The van der Waals surface area contributed by atoms with E-state index in [2.05, 4.69) is 0 Å². The monoisotopic (exact) mass is 390 g/mol. The van der Waals surface area contributed by atoms with Crippen molar-refractivity contribution in [2.75, 3.05) is 6.61 Å². The van der Waals surface area contributed by atoms with Crippen molar-refractivity contribution >= 4 is 5.97 Å². The van der Waals surface area contributed by atoms with Gasteiger partial charge in [0.1, 0.15) is 18.2 Å². The molecule has 6 heteroatoms. The Kier molecular flexibility index (Phi) is 7.54. The molecule has 0 saturated carbocycles. The molecule has 2 rings (SSSR count). The number of aliphatic hydroxyl groups is 2. The summed E-state index contributed by atoms with van der Waals surface area (Å²) in [5.41, 5.74) is 3.82. The predicted molar refractivity (Wildman–Crippen MR) is 104 cm³/mol. The summed E-state index contributed by atoms with van der Waals surface area (Å²) in [7, 11) is 0. The van der Waals surface area contributed by atoms with Crippen molar-refractivity contribution in [1.82, 2.24) is 0 Å². The van der Waals surface area contributed by atoms with Crippen LogP contribution >= 0.6 is 0 Å². The Morgan fingerprint density at radius 1 is 1.11 bits per heavy atom. The number of carboxylic acids is 1. The van der Waals surface area contributed by atoms with Gasteiger partial charge in [0.25, 0.3) is 0 Å². The second kappa shape index (κ2) is 9.66. The van der Waals surface area contributed by atoms with E-state index in [4.69, 9.17) is 9.84 Å². The van der Waals surface area contributed by atoms with Crippen LogP contribution in [0.2, 0.25) is 0 Å². The molecule has 0 spiro atoms. The van der Waals surface area contributed by atoms with E-state index in [0.717, 1.165) is 22.3 Å². The summed E-state index contributed by atoms with van der Waals surface area (Å²) < 4.78 is 19.1. The largest absolute Gasteiger partial charge is 0.490 e. The number of rotatable bonds is 9. The van der Waals surface area contributed by atoms with Gasteiger partial charge in [-0.25, -0.2) is 4.39 Å². The van der Waals surface area contributed by atoms with Crippen LogP contribution < -0.4 is 4.74 Å². The lowest BCUT2D eigenvalue weighted by molar-refractivity contribution is -0.139. The molecule has 0 aromatic heterocycles. The van der Waals surface area contributed by atoms with E-state index in [-0.39, 0.29) is 24.8 Å². The highest BCUT2D eigenvalue weighted by atomic mass is 19.1. The summed E-state index contributed by atoms with van der Waals surface area (Å²) in [6.45, 7) is 5.83. The first-order valence-corrected chi connectivity index (χ1v) is 9.24. The summed E-state index contributed by atoms with van der Waals surface area (Å²) in [6, 6.07) is 10.3. The summed E-state index contributed by atoms with van der Waals surface area (Å²) in [4.78, 5) is 10.6. The first-order valence-electron chi connectivity index (χ1n) is 9.24. The number of halogens is 1. The lowest BCUT2D eigenvalue weighted by Crippen LogP contribution is -2.26. The van der Waals surface area contributed by atoms with Crippen molar-refractivity contribution in [3.05, 3.63) is 64.5 Å². The number of hydrogen-bond donors (Lipinski definition) is 3. The van der Waals surface area contributed by atoms with Crippen molar-refractivity contribution in [1.29, 1.82) is 0 Å². The molecule has 28 heavy (non-hydrogen) atoms. The first-order chi connectivity index (χ1) is 13.2. The minimum atomic E-state index is -1.13. The molecule has 3 N–H and O–H groups in total. The van der Waals surface area contributed by atoms with Crippen LogP contribution in [0.15, 0.2) is 36.4 Å². The second-order valence-electron chi connectivity index (χ2n) is 7.23. The van der Waals surface area contributed by atoms with E-state index >= 15 is 0 Å². The van der Waals surface area contributed by atoms with E-state index in [1.165, 1.54) is 12.1 Å². The molecule has 0 aliphatic rings. The third-order valence-corrected chi connectivity index (χ3v) is 4.66. The highest BCUT2D eigenvalue weighted by molar-refractivity contribution is 5.67. The maximum Gasteiger partial charge on any atom is 0.305 e. The molecule has 0 aliphatic carbocycles. The Morgan fingerprint density at radius 3 is 2.36 bits per heavy atom. The first kappa shape index (κ1) is 21.9. The summed E-state index contributed by atoms with van der Waals surface area (Å²) in [6.07, 6.45) is -2.63. The van der Waals surface area contributed by atoms with Crippen LogP contribution in [-0.2, 0) is 4.79 Å². The van der Waals surface area contributed by atoms with Gasteiger partial charge in [-0.15, -0.1) is 0 Å². The third-order valence-electron chi connectivity index (χ3n) is 4.66. The Balaban J connectivity index is 2.17. The quantitative estimate of drug-likeness (QED) is 0.609. The van der Waals surface area contributed by atoms with Crippen molar-refractivity contribution in [2.24, 2.45) is 0 Å². The van der Waals surface area contributed by atoms with E-state index in [1.807, 2.05) is 32.9 Å². The molecule has 152 valence electrons. The highest BCUT2D eigenvalue weighted by Gasteiger charge is 2.20. The molecule has 3 atom stereocenters. The Labute approximate surface area is 164 Å². The van der Waals surface area contributed by atoms with Gasteiger partial charge in [0.15, 0.2) is 0 Å². The fraction of sp³-hybridized carbons (Fsp3) is 0.409. The van der Waals surface area contributed by atoms with Crippen LogP contribution in [-0.4, -0.2) is 40.1 Å². The lowest BCUT2D eigenvalue weighted by Gasteiger charge is -2.22. The second-order valence-corrected chi connectivity index (χ2v) is 7.23. The zero-order valence-electron chi connectivity index (χ0n) is 16.4. The van der Waals surface area contributed by atoms with Gasteiger partial charge in [-0.3, -0.25) is 4.79 Å². The van der Waals surface area contributed by atoms with E-state index < -0.39 is 24.6 Å². The Hall–Kier alpha value is -2.44. The topological polar surface area (TPSA) is 87.0 Å². The number of carboxylic acid groups (broad SMARTS) is 1. The van der Waals surface area contributed by atoms with E-state index in [1.54, 1.807) is 12.1 Å². The molecule has 0 radical (unpaired) electrons. The van der Waals surface area contributed by atoms with E-state index in [9.17, 15) is 19.4 Å². The molecule has 1 unspecified atom stereocenters. The van der Waals surface area contributed by atoms with Gasteiger partial charge in [0.2, 0.25) is 0 Å². The smallest absolute Gasteiger partial charge is 0.305 e.